The summed E-state index contributed by atoms with van der Waals surface area (Å²) in [6.07, 6.45) is 0. The minimum Gasteiger partial charge on any atom is -0.493 e. The number of aromatic nitrogens is 3. The summed E-state index contributed by atoms with van der Waals surface area (Å²) >= 11 is 0. The van der Waals surface area contributed by atoms with Crippen LogP contribution in [0.4, 0.5) is 0 Å². The van der Waals surface area contributed by atoms with E-state index in [9.17, 15) is 13.2 Å². The molecule has 1 fully saturated rings. The van der Waals surface area contributed by atoms with Gasteiger partial charge < -0.3 is 24.4 Å². The van der Waals surface area contributed by atoms with Crippen LogP contribution >= 0.6 is 0 Å². The Hall–Kier alpha value is -3.42. The number of hydrogen-bond acceptors (Lipinski definition) is 9. The predicted molar refractivity (Wildman–Crippen MR) is 120 cm³/mol. The summed E-state index contributed by atoms with van der Waals surface area (Å²) in [5.41, 5.74) is 1.59. The van der Waals surface area contributed by atoms with Gasteiger partial charge in [0.05, 0.1) is 32.3 Å². The van der Waals surface area contributed by atoms with Gasteiger partial charge in [-0.15, -0.1) is 5.10 Å². The first kappa shape index (κ1) is 23.7. The number of nitrogens with one attached hydrogen (secondary N) is 1. The lowest BCUT2D eigenvalue weighted by atomic mass is 10.2. The van der Waals surface area contributed by atoms with Crippen molar-refractivity contribution in [2.24, 2.45) is 0 Å². The maximum Gasteiger partial charge on any atom is 0.261 e. The van der Waals surface area contributed by atoms with E-state index in [4.69, 9.17) is 19.0 Å². The third kappa shape index (κ3) is 5.05. The molecule has 182 valence electrons. The van der Waals surface area contributed by atoms with Crippen LogP contribution in [0.3, 0.4) is 0 Å². The maximum atomic E-state index is 12.9. The van der Waals surface area contributed by atoms with Crippen molar-refractivity contribution in [1.82, 2.24) is 24.8 Å². The Morgan fingerprint density at radius 1 is 1.09 bits per heavy atom. The van der Waals surface area contributed by atoms with Crippen molar-refractivity contribution in [3.63, 3.8) is 0 Å². The molecular formula is C21H25N5O7S. The number of carbonyl (C=O) groups excluding carboxylic acids is 1. The molecule has 2 heterocycles. The molecule has 0 saturated carbocycles. The molecule has 1 aliphatic rings. The number of rotatable bonds is 9. The normalized spacial score (nSPS) is 14.6. The fourth-order valence-corrected chi connectivity index (χ4v) is 4.86. The zero-order valence-corrected chi connectivity index (χ0v) is 19.6. The topological polar surface area (TPSA) is 134 Å². The summed E-state index contributed by atoms with van der Waals surface area (Å²) in [6, 6.07) is 9.78. The Balaban J connectivity index is 1.40. The van der Waals surface area contributed by atoms with Gasteiger partial charge in [-0.25, -0.2) is 8.42 Å². The highest BCUT2D eigenvalue weighted by Gasteiger charge is 2.27. The van der Waals surface area contributed by atoms with Crippen molar-refractivity contribution in [2.75, 3.05) is 47.1 Å². The van der Waals surface area contributed by atoms with Gasteiger partial charge >= 0.3 is 0 Å². The fourth-order valence-electron chi connectivity index (χ4n) is 3.43. The van der Waals surface area contributed by atoms with Gasteiger partial charge in [-0.1, -0.05) is 10.9 Å². The highest BCUT2D eigenvalue weighted by molar-refractivity contribution is 7.89. The minimum atomic E-state index is -3.70. The van der Waals surface area contributed by atoms with Crippen molar-refractivity contribution < 1.29 is 32.3 Å². The molecule has 4 rings (SSSR count). The summed E-state index contributed by atoms with van der Waals surface area (Å²) in [7, 11) is -0.616. The molecule has 1 aromatic heterocycles. The molecule has 0 atom stereocenters. The highest BCUT2D eigenvalue weighted by atomic mass is 32.2. The van der Waals surface area contributed by atoms with Gasteiger partial charge in [0, 0.05) is 19.6 Å². The molecule has 1 amide bonds. The zero-order valence-electron chi connectivity index (χ0n) is 18.8. The van der Waals surface area contributed by atoms with E-state index in [1.807, 2.05) is 6.07 Å². The number of ether oxygens (including phenoxy) is 3. The van der Waals surface area contributed by atoms with Gasteiger partial charge in [-0.05, 0) is 41.1 Å². The van der Waals surface area contributed by atoms with Crippen LogP contribution in [0, 0.1) is 0 Å². The number of amides is 1. The first-order valence-electron chi connectivity index (χ1n) is 10.5. The molecule has 34 heavy (non-hydrogen) atoms. The number of fused-ring (bicyclic) bond motifs is 1. The van der Waals surface area contributed by atoms with Gasteiger partial charge in [-0.2, -0.15) is 4.31 Å². The Morgan fingerprint density at radius 3 is 2.59 bits per heavy atom. The van der Waals surface area contributed by atoms with Crippen LogP contribution < -0.4 is 19.6 Å². The highest BCUT2D eigenvalue weighted by Crippen LogP contribution is 2.27. The lowest BCUT2D eigenvalue weighted by Gasteiger charge is -2.26. The first-order valence-corrected chi connectivity index (χ1v) is 11.9. The van der Waals surface area contributed by atoms with Crippen LogP contribution in [0.25, 0.3) is 11.0 Å². The summed E-state index contributed by atoms with van der Waals surface area (Å²) < 4.78 is 42.9. The van der Waals surface area contributed by atoms with Gasteiger partial charge in [-0.3, -0.25) is 4.79 Å². The van der Waals surface area contributed by atoms with Crippen LogP contribution in [0.5, 0.6) is 11.5 Å². The monoisotopic (exact) mass is 491 g/mol. The van der Waals surface area contributed by atoms with Crippen LogP contribution in [0.15, 0.2) is 41.3 Å². The van der Waals surface area contributed by atoms with E-state index in [0.717, 1.165) is 10.4 Å². The molecule has 13 heteroatoms. The third-order valence-electron chi connectivity index (χ3n) is 5.25. The van der Waals surface area contributed by atoms with E-state index in [1.165, 1.54) is 23.5 Å². The van der Waals surface area contributed by atoms with Crippen molar-refractivity contribution in [3.05, 3.63) is 42.0 Å². The largest absolute Gasteiger partial charge is 0.493 e. The number of nitrogens with zero attached hydrogens (tertiary/aromatic N) is 4. The summed E-state index contributed by atoms with van der Waals surface area (Å²) in [6.45, 7) is 1.18. The van der Waals surface area contributed by atoms with E-state index in [0.29, 0.717) is 35.7 Å². The number of carbonyl (C=O) groups is 1. The van der Waals surface area contributed by atoms with Crippen molar-refractivity contribution in [1.29, 1.82) is 0 Å². The van der Waals surface area contributed by atoms with Crippen LogP contribution in [-0.4, -0.2) is 80.9 Å². The smallest absolute Gasteiger partial charge is 0.261 e. The van der Waals surface area contributed by atoms with E-state index in [2.05, 4.69) is 15.6 Å². The molecule has 3 aromatic rings. The number of methoxy groups -OCH3 is 2. The van der Waals surface area contributed by atoms with Crippen molar-refractivity contribution in [3.8, 4) is 11.5 Å². The Morgan fingerprint density at radius 2 is 1.85 bits per heavy atom. The maximum absolute atomic E-state index is 12.9. The number of sulfonamides is 1. The number of benzene rings is 2. The summed E-state index contributed by atoms with van der Waals surface area (Å²) in [5.74, 6) is 0.756. The average molecular weight is 492 g/mol. The quantitative estimate of drug-likeness (QED) is 0.446. The molecule has 1 N–H and O–H groups in total. The summed E-state index contributed by atoms with van der Waals surface area (Å²) in [5, 5.41) is 10.6. The van der Waals surface area contributed by atoms with Gasteiger partial charge in [0.2, 0.25) is 10.0 Å². The molecule has 0 bridgehead atoms. The van der Waals surface area contributed by atoms with E-state index in [1.54, 1.807) is 25.3 Å². The molecule has 0 unspecified atom stereocenters. The Bertz CT molecular complexity index is 1270. The van der Waals surface area contributed by atoms with Crippen molar-refractivity contribution >= 4 is 27.0 Å². The van der Waals surface area contributed by atoms with Gasteiger partial charge in [0.25, 0.3) is 5.91 Å². The average Bonchev–Trinajstić information content (AvgIpc) is 3.28. The third-order valence-corrected chi connectivity index (χ3v) is 7.14. The summed E-state index contributed by atoms with van der Waals surface area (Å²) in [4.78, 5) is 18.9. The SMILES string of the molecule is COc1ccc(CNC(=O)COn2nnc3ccc(S(=O)(=O)N4CCOCC4)cc32)cc1OC. The lowest BCUT2D eigenvalue weighted by molar-refractivity contribution is -0.126. The Labute approximate surface area is 196 Å². The molecule has 1 saturated heterocycles. The molecule has 2 aromatic carbocycles. The van der Waals surface area contributed by atoms with E-state index < -0.39 is 15.9 Å². The van der Waals surface area contributed by atoms with Crippen LogP contribution in [0.2, 0.25) is 0 Å². The minimum absolute atomic E-state index is 0.0898. The van der Waals surface area contributed by atoms with Gasteiger partial charge in [0.1, 0.15) is 11.0 Å². The van der Waals surface area contributed by atoms with Gasteiger partial charge in [0.15, 0.2) is 18.1 Å². The predicted octanol–water partition coefficient (Wildman–Crippen LogP) is 0.214. The number of hydrogen-bond donors (Lipinski definition) is 1. The number of morpholine rings is 1. The standard InChI is InChI=1S/C21H25N5O7S/c1-30-19-6-3-15(11-20(19)31-2)13-22-21(27)14-33-26-18-12-16(4-5-17(18)23-24-26)34(28,29)25-7-9-32-10-8-25/h3-6,11-12H,7-10,13-14H2,1-2H3,(H,22,27). The molecule has 0 spiro atoms. The zero-order chi connectivity index (χ0) is 24.1. The Kier molecular flexibility index (Phi) is 7.14. The van der Waals surface area contributed by atoms with E-state index in [-0.39, 0.29) is 31.1 Å². The molecular weight excluding hydrogens is 466 g/mol. The van der Waals surface area contributed by atoms with Crippen LogP contribution in [0.1, 0.15) is 5.56 Å². The molecule has 0 aliphatic carbocycles. The fraction of sp³-hybridized carbons (Fsp3) is 0.381. The molecule has 0 radical (unpaired) electrons. The van der Waals surface area contributed by atoms with Crippen molar-refractivity contribution in [2.45, 2.75) is 11.4 Å². The molecule has 12 nitrogen and oxygen atoms in total. The second-order valence-electron chi connectivity index (χ2n) is 7.37. The lowest BCUT2D eigenvalue weighted by Crippen LogP contribution is -2.40. The molecule has 1 aliphatic heterocycles. The van der Waals surface area contributed by atoms with E-state index >= 15 is 0 Å². The second-order valence-corrected chi connectivity index (χ2v) is 9.31. The second kappa shape index (κ2) is 10.2. The van der Waals surface area contributed by atoms with Crippen LogP contribution in [-0.2, 0) is 26.1 Å². The first-order chi connectivity index (χ1) is 16.4.